The van der Waals surface area contributed by atoms with E-state index in [4.69, 9.17) is 10.8 Å². The molecule has 1 aromatic carbocycles. The van der Waals surface area contributed by atoms with Gasteiger partial charge >= 0.3 is 5.97 Å². The molecule has 3 nitrogen and oxygen atoms in total. The van der Waals surface area contributed by atoms with Crippen molar-refractivity contribution in [3.8, 4) is 0 Å². The fraction of sp³-hybridized carbons (Fsp3) is 0.300. The topological polar surface area (TPSA) is 63.3 Å². The summed E-state index contributed by atoms with van der Waals surface area (Å²) in [5, 5.41) is 8.67. The first-order chi connectivity index (χ1) is 6.52. The lowest BCUT2D eigenvalue weighted by Crippen LogP contribution is -2.32. The third kappa shape index (κ3) is 2.56. The Balaban J connectivity index is 2.87. The fourth-order valence-electron chi connectivity index (χ4n) is 1.20. The molecular formula is C10H12BrNO2. The third-order valence-corrected chi connectivity index (χ3v) is 3.00. The molecule has 0 fully saturated rings. The molecule has 0 unspecified atom stereocenters. The van der Waals surface area contributed by atoms with Gasteiger partial charge in [-0.3, -0.25) is 4.79 Å². The van der Waals surface area contributed by atoms with Crippen LogP contribution in [0.5, 0.6) is 0 Å². The van der Waals surface area contributed by atoms with E-state index in [0.29, 0.717) is 6.42 Å². The fourth-order valence-corrected chi connectivity index (χ4v) is 1.60. The summed E-state index contributed by atoms with van der Waals surface area (Å²) < 4.78 is 0.979. The Hall–Kier alpha value is -0.870. The van der Waals surface area contributed by atoms with Crippen molar-refractivity contribution in [3.63, 3.8) is 0 Å². The van der Waals surface area contributed by atoms with E-state index >= 15 is 0 Å². The van der Waals surface area contributed by atoms with Crippen LogP contribution in [0.2, 0.25) is 0 Å². The molecule has 4 heteroatoms. The minimum Gasteiger partial charge on any atom is -0.480 e. The minimum absolute atomic E-state index is 0.362. The smallest absolute Gasteiger partial charge is 0.320 e. The summed E-state index contributed by atoms with van der Waals surface area (Å²) in [4.78, 5) is 10.6. The predicted octanol–water partition coefficient (Wildman–Crippen LogP) is 1.71. The Morgan fingerprint density at radius 1 is 1.64 bits per heavy atom. The second-order valence-electron chi connectivity index (χ2n) is 3.17. The lowest BCUT2D eigenvalue weighted by molar-refractivity contribution is -0.138. The van der Waals surface area contributed by atoms with Gasteiger partial charge in [-0.1, -0.05) is 28.1 Å². The number of benzene rings is 1. The van der Waals surface area contributed by atoms with Gasteiger partial charge in [-0.05, 0) is 30.5 Å². The van der Waals surface area contributed by atoms with Crippen molar-refractivity contribution in [1.29, 1.82) is 0 Å². The molecular weight excluding hydrogens is 246 g/mol. The van der Waals surface area contributed by atoms with Gasteiger partial charge in [-0.15, -0.1) is 0 Å². The number of hydrogen-bond acceptors (Lipinski definition) is 2. The van der Waals surface area contributed by atoms with Gasteiger partial charge in [0.05, 0.1) is 0 Å². The van der Waals surface area contributed by atoms with Crippen molar-refractivity contribution in [3.05, 3.63) is 33.8 Å². The van der Waals surface area contributed by atoms with E-state index in [0.717, 1.165) is 15.6 Å². The molecule has 0 amide bonds. The van der Waals surface area contributed by atoms with E-state index in [-0.39, 0.29) is 0 Å². The van der Waals surface area contributed by atoms with E-state index in [1.807, 2.05) is 25.1 Å². The average Bonchev–Trinajstić information content (AvgIpc) is 2.12. The number of halogens is 1. The van der Waals surface area contributed by atoms with Gasteiger partial charge < -0.3 is 10.8 Å². The summed E-state index contributed by atoms with van der Waals surface area (Å²) in [6.07, 6.45) is 0.362. The first-order valence-electron chi connectivity index (χ1n) is 4.24. The summed E-state index contributed by atoms with van der Waals surface area (Å²) in [5.41, 5.74) is 7.47. The van der Waals surface area contributed by atoms with Crippen LogP contribution in [0, 0.1) is 6.92 Å². The van der Waals surface area contributed by atoms with Crippen molar-refractivity contribution in [1.82, 2.24) is 0 Å². The summed E-state index contributed by atoms with van der Waals surface area (Å²) in [7, 11) is 0. The Morgan fingerprint density at radius 3 is 2.86 bits per heavy atom. The molecule has 0 heterocycles. The second-order valence-corrected chi connectivity index (χ2v) is 4.03. The van der Waals surface area contributed by atoms with Crippen molar-refractivity contribution < 1.29 is 9.90 Å². The molecule has 1 aromatic rings. The third-order valence-electron chi connectivity index (χ3n) is 2.14. The highest BCUT2D eigenvalue weighted by Crippen LogP contribution is 2.20. The molecule has 0 aliphatic heterocycles. The van der Waals surface area contributed by atoms with Crippen molar-refractivity contribution in [2.75, 3.05) is 0 Å². The SMILES string of the molecule is Cc1c(Br)cccc1C[C@H](N)C(=O)O. The van der Waals surface area contributed by atoms with Crippen LogP contribution in [-0.4, -0.2) is 17.1 Å². The molecule has 3 N–H and O–H groups in total. The molecule has 14 heavy (non-hydrogen) atoms. The van der Waals surface area contributed by atoms with E-state index < -0.39 is 12.0 Å². The van der Waals surface area contributed by atoms with Crippen molar-refractivity contribution in [2.45, 2.75) is 19.4 Å². The van der Waals surface area contributed by atoms with Crippen LogP contribution in [-0.2, 0) is 11.2 Å². The molecule has 0 spiro atoms. The van der Waals surface area contributed by atoms with Crippen LogP contribution < -0.4 is 5.73 Å². The molecule has 76 valence electrons. The molecule has 0 saturated carbocycles. The first kappa shape index (κ1) is 11.2. The first-order valence-corrected chi connectivity index (χ1v) is 5.04. The van der Waals surface area contributed by atoms with Crippen LogP contribution in [0.25, 0.3) is 0 Å². The normalized spacial score (nSPS) is 12.5. The van der Waals surface area contributed by atoms with Gasteiger partial charge in [-0.25, -0.2) is 0 Å². The van der Waals surface area contributed by atoms with Gasteiger partial charge in [0.15, 0.2) is 0 Å². The zero-order chi connectivity index (χ0) is 10.7. The zero-order valence-electron chi connectivity index (χ0n) is 7.83. The van der Waals surface area contributed by atoms with Crippen LogP contribution in [0.4, 0.5) is 0 Å². The number of aliphatic carboxylic acids is 1. The monoisotopic (exact) mass is 257 g/mol. The molecule has 0 aliphatic carbocycles. The van der Waals surface area contributed by atoms with Gasteiger partial charge in [-0.2, -0.15) is 0 Å². The summed E-state index contributed by atoms with van der Waals surface area (Å²) in [5.74, 6) is -0.968. The molecule has 0 aliphatic rings. The van der Waals surface area contributed by atoms with Crippen LogP contribution >= 0.6 is 15.9 Å². The lowest BCUT2D eigenvalue weighted by Gasteiger charge is -2.10. The number of nitrogens with two attached hydrogens (primary N) is 1. The maximum absolute atomic E-state index is 10.6. The molecule has 0 radical (unpaired) electrons. The standard InChI is InChI=1S/C10H12BrNO2/c1-6-7(3-2-4-8(6)11)5-9(12)10(13)14/h2-4,9H,5,12H2,1H3,(H,13,14)/t9-/m0/s1. The number of hydrogen-bond donors (Lipinski definition) is 2. The summed E-state index contributed by atoms with van der Waals surface area (Å²) >= 11 is 3.38. The minimum atomic E-state index is -0.968. The quantitative estimate of drug-likeness (QED) is 0.867. The maximum atomic E-state index is 10.6. The lowest BCUT2D eigenvalue weighted by atomic mass is 10.0. The van der Waals surface area contributed by atoms with Gasteiger partial charge in [0.1, 0.15) is 6.04 Å². The number of carbonyl (C=O) groups is 1. The van der Waals surface area contributed by atoms with Gasteiger partial charge in [0.25, 0.3) is 0 Å². The molecule has 0 saturated heterocycles. The Morgan fingerprint density at radius 2 is 2.29 bits per heavy atom. The Bertz CT molecular complexity index is 352. The highest BCUT2D eigenvalue weighted by atomic mass is 79.9. The zero-order valence-corrected chi connectivity index (χ0v) is 9.41. The number of carboxylic acid groups (broad SMARTS) is 1. The second kappa shape index (κ2) is 4.57. The Labute approximate surface area is 91.1 Å². The largest absolute Gasteiger partial charge is 0.480 e. The molecule has 0 bridgehead atoms. The van der Waals surface area contributed by atoms with Crippen LogP contribution in [0.15, 0.2) is 22.7 Å². The highest BCUT2D eigenvalue weighted by molar-refractivity contribution is 9.10. The van der Waals surface area contributed by atoms with E-state index in [9.17, 15) is 4.79 Å². The molecule has 1 atom stereocenters. The van der Waals surface area contributed by atoms with Gasteiger partial charge in [0, 0.05) is 4.47 Å². The predicted molar refractivity (Wildman–Crippen MR) is 58.2 cm³/mol. The number of rotatable bonds is 3. The highest BCUT2D eigenvalue weighted by Gasteiger charge is 2.13. The van der Waals surface area contributed by atoms with E-state index in [1.165, 1.54) is 0 Å². The number of carboxylic acids is 1. The van der Waals surface area contributed by atoms with Crippen LogP contribution in [0.1, 0.15) is 11.1 Å². The molecule has 0 aromatic heterocycles. The van der Waals surface area contributed by atoms with Gasteiger partial charge in [0.2, 0.25) is 0 Å². The van der Waals surface area contributed by atoms with E-state index in [2.05, 4.69) is 15.9 Å². The average molecular weight is 258 g/mol. The van der Waals surface area contributed by atoms with Crippen molar-refractivity contribution in [2.24, 2.45) is 5.73 Å². The molecule has 1 rings (SSSR count). The Kier molecular flexibility index (Phi) is 3.66. The maximum Gasteiger partial charge on any atom is 0.320 e. The van der Waals surface area contributed by atoms with Crippen LogP contribution in [0.3, 0.4) is 0 Å². The summed E-state index contributed by atoms with van der Waals surface area (Å²) in [6.45, 7) is 1.94. The van der Waals surface area contributed by atoms with Crippen molar-refractivity contribution >= 4 is 21.9 Å². The summed E-state index contributed by atoms with van der Waals surface area (Å²) in [6, 6.07) is 4.86. The van der Waals surface area contributed by atoms with E-state index in [1.54, 1.807) is 0 Å².